The molecule has 6 heteroatoms. The molecular weight excluding hydrogens is 472 g/mol. The Balaban J connectivity index is 1.69. The van der Waals surface area contributed by atoms with Gasteiger partial charge in [-0.3, -0.25) is 4.79 Å². The first kappa shape index (κ1) is 22.0. The van der Waals surface area contributed by atoms with E-state index < -0.39 is 0 Å². The molecule has 1 N–H and O–H groups in total. The summed E-state index contributed by atoms with van der Waals surface area (Å²) in [4.78, 5) is 19.3. The number of halogens is 1. The van der Waals surface area contributed by atoms with Gasteiger partial charge in [-0.15, -0.1) is 11.3 Å². The van der Waals surface area contributed by atoms with Crippen LogP contribution in [0, 0.1) is 18.3 Å². The fourth-order valence-corrected chi connectivity index (χ4v) is 5.54. The number of benzene rings is 1. The fraction of sp³-hybridized carbons (Fsp3) is 0.360. The minimum absolute atomic E-state index is 0.100. The molecule has 31 heavy (non-hydrogen) atoms. The Morgan fingerprint density at radius 3 is 2.61 bits per heavy atom. The molecule has 0 bridgehead atoms. The summed E-state index contributed by atoms with van der Waals surface area (Å²) in [6, 6.07) is 11.4. The van der Waals surface area contributed by atoms with Gasteiger partial charge in [-0.1, -0.05) is 36.7 Å². The van der Waals surface area contributed by atoms with Gasteiger partial charge in [0.05, 0.1) is 11.8 Å². The van der Waals surface area contributed by atoms with Gasteiger partial charge in [0, 0.05) is 15.0 Å². The Kier molecular flexibility index (Phi) is 6.22. The predicted octanol–water partition coefficient (Wildman–Crippen LogP) is 7.57. The third-order valence-electron chi connectivity index (χ3n) is 5.87. The summed E-state index contributed by atoms with van der Waals surface area (Å²) < 4.78 is 6.60. The topological polar surface area (TPSA) is 54.6 Å². The first-order valence-corrected chi connectivity index (χ1v) is 12.1. The quantitative estimate of drug-likeness (QED) is 0.377. The molecule has 4 nitrogen and oxygen atoms in total. The van der Waals surface area contributed by atoms with Gasteiger partial charge in [0.2, 0.25) is 0 Å². The van der Waals surface area contributed by atoms with Crippen molar-refractivity contribution >= 4 is 50.1 Å². The number of carbonyl (C=O) groups is 1. The van der Waals surface area contributed by atoms with Crippen LogP contribution in [0.4, 0.5) is 10.7 Å². The molecule has 0 saturated heterocycles. The number of fused-ring (bicyclic) bond motifs is 1. The zero-order valence-electron chi connectivity index (χ0n) is 18.3. The molecule has 4 rings (SSSR count). The molecule has 162 valence electrons. The van der Waals surface area contributed by atoms with Gasteiger partial charge in [0.25, 0.3) is 5.91 Å². The van der Waals surface area contributed by atoms with E-state index in [0.29, 0.717) is 17.2 Å². The average molecular weight is 499 g/mol. The third-order valence-corrected chi connectivity index (χ3v) is 7.56. The maximum Gasteiger partial charge on any atom is 0.259 e. The number of nitrogens with one attached hydrogen (secondary N) is 1. The van der Waals surface area contributed by atoms with Crippen LogP contribution in [-0.2, 0) is 12.8 Å². The minimum atomic E-state index is -0.100. The first-order chi connectivity index (χ1) is 14.7. The number of aliphatic imine (C=N–C) groups is 1. The van der Waals surface area contributed by atoms with Crippen LogP contribution in [0.25, 0.3) is 0 Å². The number of rotatable bonds is 4. The Bertz CT molecular complexity index is 1120. The second kappa shape index (κ2) is 8.75. The second-order valence-electron chi connectivity index (χ2n) is 9.16. The SMILES string of the molecule is Cc1ccc(C=Nc2sc3c(c2C(=O)Nc2ccc(Br)cc2)CC[C@H](C(C)(C)C)C3)o1. The van der Waals surface area contributed by atoms with Gasteiger partial charge in [-0.2, -0.15) is 0 Å². The van der Waals surface area contributed by atoms with E-state index in [4.69, 9.17) is 9.41 Å². The summed E-state index contributed by atoms with van der Waals surface area (Å²) in [5.41, 5.74) is 2.88. The molecule has 0 unspecified atom stereocenters. The van der Waals surface area contributed by atoms with E-state index in [1.54, 1.807) is 17.6 Å². The van der Waals surface area contributed by atoms with Gasteiger partial charge in [0.15, 0.2) is 0 Å². The number of anilines is 1. The van der Waals surface area contributed by atoms with Crippen molar-refractivity contribution in [1.82, 2.24) is 0 Å². The normalized spacial score (nSPS) is 16.5. The van der Waals surface area contributed by atoms with Crippen molar-refractivity contribution in [3.63, 3.8) is 0 Å². The highest BCUT2D eigenvalue weighted by molar-refractivity contribution is 9.10. The van der Waals surface area contributed by atoms with E-state index in [1.807, 2.05) is 43.3 Å². The highest BCUT2D eigenvalue weighted by Gasteiger charge is 2.33. The van der Waals surface area contributed by atoms with Crippen molar-refractivity contribution in [2.75, 3.05) is 5.32 Å². The van der Waals surface area contributed by atoms with Crippen molar-refractivity contribution in [2.24, 2.45) is 16.3 Å². The summed E-state index contributed by atoms with van der Waals surface area (Å²) in [5.74, 6) is 2.03. The zero-order chi connectivity index (χ0) is 22.2. The number of hydrogen-bond acceptors (Lipinski definition) is 4. The van der Waals surface area contributed by atoms with Crippen LogP contribution in [0.3, 0.4) is 0 Å². The lowest BCUT2D eigenvalue weighted by molar-refractivity contribution is 0.102. The Labute approximate surface area is 195 Å². The fourth-order valence-electron chi connectivity index (χ4n) is 4.01. The number of aryl methyl sites for hydroxylation is 1. The van der Waals surface area contributed by atoms with Crippen molar-refractivity contribution in [3.05, 3.63) is 68.4 Å². The zero-order valence-corrected chi connectivity index (χ0v) is 20.7. The van der Waals surface area contributed by atoms with E-state index in [-0.39, 0.29) is 11.3 Å². The van der Waals surface area contributed by atoms with Crippen LogP contribution in [-0.4, -0.2) is 12.1 Å². The van der Waals surface area contributed by atoms with E-state index in [9.17, 15) is 4.79 Å². The number of thiophene rings is 1. The third kappa shape index (κ3) is 5.01. The van der Waals surface area contributed by atoms with Gasteiger partial charge in [-0.05, 0) is 79.5 Å². The average Bonchev–Trinajstić information content (AvgIpc) is 3.29. The van der Waals surface area contributed by atoms with Crippen LogP contribution in [0.15, 0.2) is 50.3 Å². The highest BCUT2D eigenvalue weighted by atomic mass is 79.9. The van der Waals surface area contributed by atoms with Crippen LogP contribution in [0.2, 0.25) is 0 Å². The molecule has 1 aromatic carbocycles. The molecule has 2 aromatic heterocycles. The number of furan rings is 1. The lowest BCUT2D eigenvalue weighted by atomic mass is 9.72. The van der Waals surface area contributed by atoms with Gasteiger partial charge in [0.1, 0.15) is 16.5 Å². The molecule has 1 aliphatic rings. The van der Waals surface area contributed by atoms with Crippen LogP contribution in [0.5, 0.6) is 0 Å². The number of hydrogen-bond donors (Lipinski definition) is 1. The standard InChI is InChI=1S/C25H27BrN2O2S/c1-15-5-11-19(30-15)14-27-24-22(23(29)28-18-9-7-17(26)8-10-18)20-12-6-16(25(2,3)4)13-21(20)31-24/h5,7-11,14,16H,6,12-13H2,1-4H3,(H,28,29)/t16-/m0/s1. The van der Waals surface area contributed by atoms with E-state index in [0.717, 1.165) is 45.7 Å². The first-order valence-electron chi connectivity index (χ1n) is 10.5. The smallest absolute Gasteiger partial charge is 0.259 e. The molecule has 0 saturated carbocycles. The number of carbonyl (C=O) groups excluding carboxylic acids is 1. The van der Waals surface area contributed by atoms with E-state index >= 15 is 0 Å². The Hall–Kier alpha value is -2.18. The van der Waals surface area contributed by atoms with Crippen LogP contribution in [0.1, 0.15) is 59.5 Å². The van der Waals surface area contributed by atoms with Crippen molar-refractivity contribution in [1.29, 1.82) is 0 Å². The molecule has 0 spiro atoms. The Morgan fingerprint density at radius 2 is 1.97 bits per heavy atom. The molecule has 0 radical (unpaired) electrons. The molecular formula is C25H27BrN2O2S. The lowest BCUT2D eigenvalue weighted by Gasteiger charge is -2.33. The Morgan fingerprint density at radius 1 is 1.23 bits per heavy atom. The summed E-state index contributed by atoms with van der Waals surface area (Å²) in [7, 11) is 0. The van der Waals surface area contributed by atoms with E-state index in [1.165, 1.54) is 4.88 Å². The molecule has 0 fully saturated rings. The summed E-state index contributed by atoms with van der Waals surface area (Å²) in [6.07, 6.45) is 4.71. The number of amides is 1. The molecule has 3 aromatic rings. The molecule has 0 aliphatic heterocycles. The summed E-state index contributed by atoms with van der Waals surface area (Å²) in [6.45, 7) is 8.81. The van der Waals surface area contributed by atoms with Crippen molar-refractivity contribution in [2.45, 2.75) is 47.0 Å². The molecule has 2 heterocycles. The minimum Gasteiger partial charge on any atom is -0.460 e. The predicted molar refractivity (Wildman–Crippen MR) is 132 cm³/mol. The second-order valence-corrected chi connectivity index (χ2v) is 11.2. The highest BCUT2D eigenvalue weighted by Crippen LogP contribution is 2.45. The summed E-state index contributed by atoms with van der Waals surface area (Å²) in [5, 5.41) is 3.81. The number of nitrogens with zero attached hydrogens (tertiary/aromatic N) is 1. The lowest BCUT2D eigenvalue weighted by Crippen LogP contribution is -2.27. The van der Waals surface area contributed by atoms with Gasteiger partial charge < -0.3 is 9.73 Å². The molecule has 1 atom stereocenters. The van der Waals surface area contributed by atoms with E-state index in [2.05, 4.69) is 42.0 Å². The molecule has 1 aliphatic carbocycles. The van der Waals surface area contributed by atoms with Crippen molar-refractivity contribution < 1.29 is 9.21 Å². The monoisotopic (exact) mass is 498 g/mol. The van der Waals surface area contributed by atoms with Crippen LogP contribution < -0.4 is 5.32 Å². The summed E-state index contributed by atoms with van der Waals surface area (Å²) >= 11 is 5.08. The largest absolute Gasteiger partial charge is 0.460 e. The van der Waals surface area contributed by atoms with Crippen molar-refractivity contribution in [3.8, 4) is 0 Å². The van der Waals surface area contributed by atoms with Gasteiger partial charge >= 0.3 is 0 Å². The van der Waals surface area contributed by atoms with Crippen LogP contribution >= 0.6 is 27.3 Å². The molecule has 1 amide bonds. The van der Waals surface area contributed by atoms with Gasteiger partial charge in [-0.25, -0.2) is 4.99 Å². The maximum atomic E-state index is 13.3. The maximum absolute atomic E-state index is 13.3.